The monoisotopic (exact) mass is 305 g/mol. The second-order valence-corrected chi connectivity index (χ2v) is 4.57. The van der Waals surface area contributed by atoms with Gasteiger partial charge in [0.15, 0.2) is 0 Å². The predicted molar refractivity (Wildman–Crippen MR) is 81.1 cm³/mol. The van der Waals surface area contributed by atoms with E-state index in [-0.39, 0.29) is 13.2 Å². The van der Waals surface area contributed by atoms with Gasteiger partial charge in [-0.2, -0.15) is 0 Å². The summed E-state index contributed by atoms with van der Waals surface area (Å²) in [6.07, 6.45) is 0. The van der Waals surface area contributed by atoms with Gasteiger partial charge in [-0.15, -0.1) is 0 Å². The van der Waals surface area contributed by atoms with Crippen LogP contribution in [0.15, 0.2) is 24.3 Å². The van der Waals surface area contributed by atoms with Crippen molar-refractivity contribution >= 4 is 22.8 Å². The molecule has 0 unspecified atom stereocenters. The molecule has 0 saturated heterocycles. The second kappa shape index (κ2) is 6.98. The van der Waals surface area contributed by atoms with Crippen molar-refractivity contribution in [3.8, 4) is 5.75 Å². The minimum atomic E-state index is -0.470. The molecular weight excluding hydrogens is 286 g/mol. The van der Waals surface area contributed by atoms with Crippen molar-refractivity contribution in [2.24, 2.45) is 0 Å². The number of fused-ring (bicyclic) bond motifs is 1. The molecule has 0 N–H and O–H groups in total. The fraction of sp³-hybridized carbons (Fsp3) is 0.375. The van der Waals surface area contributed by atoms with Gasteiger partial charge in [0.1, 0.15) is 18.0 Å². The van der Waals surface area contributed by atoms with E-state index in [1.165, 1.54) is 0 Å². The Kier molecular flexibility index (Phi) is 5.04. The Balaban J connectivity index is 2.49. The molecule has 0 aliphatic rings. The molecule has 0 bridgehead atoms. The number of nitrogens with zero attached hydrogens (tertiary/aromatic N) is 1. The summed E-state index contributed by atoms with van der Waals surface area (Å²) in [6.45, 7) is 3.99. The van der Waals surface area contributed by atoms with Crippen LogP contribution in [0.4, 0.5) is 0 Å². The van der Waals surface area contributed by atoms with Crippen LogP contribution in [-0.2, 0) is 20.8 Å². The van der Waals surface area contributed by atoms with Crippen molar-refractivity contribution in [3.05, 3.63) is 30.0 Å². The lowest BCUT2D eigenvalue weighted by Gasteiger charge is -2.09. The van der Waals surface area contributed by atoms with Crippen molar-refractivity contribution in [3.63, 3.8) is 0 Å². The molecule has 0 aliphatic heterocycles. The Morgan fingerprint density at radius 3 is 2.45 bits per heavy atom. The van der Waals surface area contributed by atoms with Crippen LogP contribution < -0.4 is 4.74 Å². The minimum Gasteiger partial charge on any atom is -0.497 e. The number of carbonyl (C=O) groups excluding carboxylic acids is 2. The molecule has 6 heteroatoms. The highest BCUT2D eigenvalue weighted by Crippen LogP contribution is 2.25. The molecule has 22 heavy (non-hydrogen) atoms. The van der Waals surface area contributed by atoms with Gasteiger partial charge < -0.3 is 18.8 Å². The number of rotatable bonds is 6. The van der Waals surface area contributed by atoms with E-state index >= 15 is 0 Å². The summed E-state index contributed by atoms with van der Waals surface area (Å²) in [6, 6.07) is 7.07. The van der Waals surface area contributed by atoms with Crippen molar-refractivity contribution < 1.29 is 23.8 Å². The molecule has 118 valence electrons. The van der Waals surface area contributed by atoms with Crippen molar-refractivity contribution in [2.75, 3.05) is 20.3 Å². The molecule has 1 aromatic heterocycles. The van der Waals surface area contributed by atoms with Crippen molar-refractivity contribution in [1.29, 1.82) is 0 Å². The third-order valence-corrected chi connectivity index (χ3v) is 3.19. The van der Waals surface area contributed by atoms with Crippen LogP contribution in [0.3, 0.4) is 0 Å². The zero-order valence-electron chi connectivity index (χ0n) is 12.9. The van der Waals surface area contributed by atoms with E-state index in [4.69, 9.17) is 14.2 Å². The second-order valence-electron chi connectivity index (χ2n) is 4.57. The minimum absolute atomic E-state index is 0.0438. The lowest BCUT2D eigenvalue weighted by Crippen LogP contribution is -2.18. The zero-order chi connectivity index (χ0) is 16.1. The highest BCUT2D eigenvalue weighted by molar-refractivity contribution is 5.96. The molecular formula is C16H19NO5. The molecule has 0 fully saturated rings. The van der Waals surface area contributed by atoms with Crippen molar-refractivity contribution in [2.45, 2.75) is 20.4 Å². The summed E-state index contributed by atoms with van der Waals surface area (Å²) < 4.78 is 16.8. The van der Waals surface area contributed by atoms with Gasteiger partial charge in [-0.05, 0) is 38.1 Å². The van der Waals surface area contributed by atoms with Gasteiger partial charge >= 0.3 is 11.9 Å². The third kappa shape index (κ3) is 3.21. The number of benzene rings is 1. The summed E-state index contributed by atoms with van der Waals surface area (Å²) in [7, 11) is 1.57. The SMILES string of the molecule is CCOC(=O)Cn1c(C(=O)OCC)cc2cc(OC)ccc21. The highest BCUT2D eigenvalue weighted by Gasteiger charge is 2.19. The smallest absolute Gasteiger partial charge is 0.354 e. The number of esters is 2. The Morgan fingerprint density at radius 1 is 1.09 bits per heavy atom. The summed E-state index contributed by atoms with van der Waals surface area (Å²) in [4.78, 5) is 23.9. The van der Waals surface area contributed by atoms with Crippen LogP contribution in [0, 0.1) is 0 Å². The first-order valence-corrected chi connectivity index (χ1v) is 7.10. The van der Waals surface area contributed by atoms with E-state index in [1.54, 1.807) is 49.8 Å². The quantitative estimate of drug-likeness (QED) is 0.767. The number of hydrogen-bond acceptors (Lipinski definition) is 5. The van der Waals surface area contributed by atoms with Crippen LogP contribution in [0.25, 0.3) is 10.9 Å². The van der Waals surface area contributed by atoms with Gasteiger partial charge in [0.25, 0.3) is 0 Å². The van der Waals surface area contributed by atoms with E-state index in [0.717, 1.165) is 10.9 Å². The maximum absolute atomic E-state index is 12.1. The molecule has 0 amide bonds. The molecule has 2 rings (SSSR count). The van der Waals surface area contributed by atoms with E-state index in [2.05, 4.69) is 0 Å². The van der Waals surface area contributed by atoms with E-state index in [0.29, 0.717) is 18.1 Å². The molecule has 0 spiro atoms. The van der Waals surface area contributed by atoms with Crippen LogP contribution >= 0.6 is 0 Å². The predicted octanol–water partition coefficient (Wildman–Crippen LogP) is 2.39. The van der Waals surface area contributed by atoms with E-state index in [1.807, 2.05) is 0 Å². The Morgan fingerprint density at radius 2 is 1.82 bits per heavy atom. The van der Waals surface area contributed by atoms with E-state index < -0.39 is 11.9 Å². The lowest BCUT2D eigenvalue weighted by atomic mass is 10.2. The van der Waals surface area contributed by atoms with E-state index in [9.17, 15) is 9.59 Å². The number of hydrogen-bond donors (Lipinski definition) is 0. The first-order chi connectivity index (χ1) is 10.6. The maximum atomic E-state index is 12.1. The molecule has 6 nitrogen and oxygen atoms in total. The van der Waals surface area contributed by atoms with Crippen LogP contribution in [0.5, 0.6) is 5.75 Å². The molecule has 0 aliphatic carbocycles. The molecule has 1 heterocycles. The fourth-order valence-corrected chi connectivity index (χ4v) is 2.26. The van der Waals surface area contributed by atoms with Crippen LogP contribution in [0.1, 0.15) is 24.3 Å². The molecule has 1 aromatic carbocycles. The topological polar surface area (TPSA) is 66.8 Å². The number of ether oxygens (including phenoxy) is 3. The van der Waals surface area contributed by atoms with Crippen LogP contribution in [-0.4, -0.2) is 36.8 Å². The highest BCUT2D eigenvalue weighted by atomic mass is 16.5. The fourth-order valence-electron chi connectivity index (χ4n) is 2.26. The number of aromatic nitrogens is 1. The van der Waals surface area contributed by atoms with Gasteiger partial charge in [-0.1, -0.05) is 0 Å². The van der Waals surface area contributed by atoms with Gasteiger partial charge in [-0.25, -0.2) is 4.79 Å². The molecule has 0 atom stereocenters. The molecule has 0 saturated carbocycles. The first kappa shape index (κ1) is 15.9. The molecule has 0 radical (unpaired) electrons. The summed E-state index contributed by atoms with van der Waals surface area (Å²) in [5, 5.41) is 0.798. The van der Waals surface area contributed by atoms with Gasteiger partial charge in [0.05, 0.1) is 20.3 Å². The Labute approximate surface area is 128 Å². The number of methoxy groups -OCH3 is 1. The average molecular weight is 305 g/mol. The Bertz CT molecular complexity index is 689. The van der Waals surface area contributed by atoms with Gasteiger partial charge in [0.2, 0.25) is 0 Å². The summed E-state index contributed by atoms with van der Waals surface area (Å²) in [5.41, 5.74) is 1.06. The Hall–Kier alpha value is -2.50. The largest absolute Gasteiger partial charge is 0.497 e. The van der Waals surface area contributed by atoms with Gasteiger partial charge in [0, 0.05) is 10.9 Å². The summed E-state index contributed by atoms with van der Waals surface area (Å²) >= 11 is 0. The van der Waals surface area contributed by atoms with Crippen LogP contribution in [0.2, 0.25) is 0 Å². The zero-order valence-corrected chi connectivity index (χ0v) is 12.9. The number of carbonyl (C=O) groups is 2. The lowest BCUT2D eigenvalue weighted by molar-refractivity contribution is -0.143. The van der Waals surface area contributed by atoms with Gasteiger partial charge in [-0.3, -0.25) is 4.79 Å². The maximum Gasteiger partial charge on any atom is 0.354 e. The molecule has 2 aromatic rings. The normalized spacial score (nSPS) is 10.5. The first-order valence-electron chi connectivity index (χ1n) is 7.10. The standard InChI is InChI=1S/C16H19NO5/c1-4-21-15(18)10-17-13-7-6-12(20-3)8-11(13)9-14(17)16(19)22-5-2/h6-9H,4-5,10H2,1-3H3. The summed E-state index contributed by atoms with van der Waals surface area (Å²) in [5.74, 6) is -0.195. The average Bonchev–Trinajstić information content (AvgIpc) is 2.85. The van der Waals surface area contributed by atoms with Crippen molar-refractivity contribution in [1.82, 2.24) is 4.57 Å². The third-order valence-electron chi connectivity index (χ3n) is 3.19.